The number of nitrogens with zero attached hydrogens (tertiary/aromatic N) is 4. The summed E-state index contributed by atoms with van der Waals surface area (Å²) in [7, 11) is 0. The summed E-state index contributed by atoms with van der Waals surface area (Å²) in [4.78, 5) is 34.2. The van der Waals surface area contributed by atoms with Crippen LogP contribution in [0.1, 0.15) is 29.7 Å². The maximum Gasteiger partial charge on any atom is 0.490 e. The van der Waals surface area contributed by atoms with Crippen LogP contribution in [0.15, 0.2) is 71.7 Å². The molecule has 8 nitrogen and oxygen atoms in total. The van der Waals surface area contributed by atoms with E-state index in [2.05, 4.69) is 39.0 Å². The molecule has 0 saturated carbocycles. The average Bonchev–Trinajstić information content (AvgIpc) is 3.42. The van der Waals surface area contributed by atoms with Crippen molar-refractivity contribution in [2.75, 3.05) is 31.1 Å². The van der Waals surface area contributed by atoms with Crippen LogP contribution in [0.25, 0.3) is 0 Å². The molecule has 2 aliphatic rings. The molecule has 0 bridgehead atoms. The van der Waals surface area contributed by atoms with Crippen LogP contribution in [-0.4, -0.2) is 69.7 Å². The quantitative estimate of drug-likeness (QED) is 0.506. The Morgan fingerprint density at radius 3 is 2.26 bits per heavy atom. The predicted octanol–water partition coefficient (Wildman–Crippen LogP) is 4.50. The zero-order chi connectivity index (χ0) is 28.0. The van der Waals surface area contributed by atoms with Crippen molar-refractivity contribution in [2.45, 2.75) is 44.6 Å². The normalized spacial score (nSPS) is 18.1. The van der Waals surface area contributed by atoms with E-state index in [-0.39, 0.29) is 5.91 Å². The highest BCUT2D eigenvalue weighted by Gasteiger charge is 2.51. The summed E-state index contributed by atoms with van der Waals surface area (Å²) in [6, 6.07) is 16.5. The molecule has 3 aromatic rings. The number of carboxylic acids is 1. The van der Waals surface area contributed by atoms with Crippen LogP contribution in [0.5, 0.6) is 0 Å². The number of piperazine rings is 1. The van der Waals surface area contributed by atoms with E-state index in [4.69, 9.17) is 14.3 Å². The number of benzene rings is 1. The molecule has 1 spiro atoms. The molecule has 0 aliphatic carbocycles. The van der Waals surface area contributed by atoms with E-state index in [1.54, 1.807) is 6.26 Å². The Labute approximate surface area is 224 Å². The molecule has 11 heteroatoms. The molecule has 1 aromatic carbocycles. The molecule has 1 N–H and O–H groups in total. The van der Waals surface area contributed by atoms with Gasteiger partial charge in [-0.1, -0.05) is 30.3 Å². The molecule has 5 rings (SSSR count). The van der Waals surface area contributed by atoms with Gasteiger partial charge in [-0.3, -0.25) is 19.6 Å². The molecule has 0 atom stereocenters. The van der Waals surface area contributed by atoms with Crippen molar-refractivity contribution in [1.82, 2.24) is 14.8 Å². The number of carbonyl (C=O) groups is 2. The number of carboxylic acid groups (broad SMARTS) is 1. The number of aryl methyl sites for hydroxylation is 1. The molecular formula is C28H31F3N4O4. The number of hydrogen-bond donors (Lipinski definition) is 1. The Morgan fingerprint density at radius 2 is 1.69 bits per heavy atom. The monoisotopic (exact) mass is 544 g/mol. The minimum absolute atomic E-state index is 0.216. The largest absolute Gasteiger partial charge is 0.490 e. The molecule has 1 amide bonds. The third kappa shape index (κ3) is 6.85. The first-order valence-corrected chi connectivity index (χ1v) is 12.7. The zero-order valence-corrected chi connectivity index (χ0v) is 21.6. The number of carbonyl (C=O) groups excluding carboxylic acids is 1. The third-order valence-corrected chi connectivity index (χ3v) is 7.18. The first-order valence-electron chi connectivity index (χ1n) is 12.7. The molecule has 2 aliphatic heterocycles. The van der Waals surface area contributed by atoms with Crippen LogP contribution < -0.4 is 4.90 Å². The Morgan fingerprint density at radius 1 is 1.00 bits per heavy atom. The third-order valence-electron chi connectivity index (χ3n) is 7.18. The molecule has 2 saturated heterocycles. The lowest BCUT2D eigenvalue weighted by Crippen LogP contribution is -2.68. The molecule has 208 valence electrons. The number of piperidine rings is 1. The van der Waals surface area contributed by atoms with Crippen molar-refractivity contribution in [3.8, 4) is 0 Å². The lowest BCUT2D eigenvalue weighted by atomic mass is 9.81. The number of anilines is 1. The van der Waals surface area contributed by atoms with Crippen LogP contribution in [0, 0.1) is 6.92 Å². The van der Waals surface area contributed by atoms with Gasteiger partial charge in [-0.25, -0.2) is 4.79 Å². The summed E-state index contributed by atoms with van der Waals surface area (Å²) in [6.07, 6.45) is 1.94. The van der Waals surface area contributed by atoms with Gasteiger partial charge in [-0.2, -0.15) is 13.2 Å². The van der Waals surface area contributed by atoms with Crippen molar-refractivity contribution in [1.29, 1.82) is 0 Å². The second kappa shape index (κ2) is 12.0. The van der Waals surface area contributed by atoms with Crippen LogP contribution in [0.4, 0.5) is 18.9 Å². The fraction of sp³-hybridized carbons (Fsp3) is 0.393. The van der Waals surface area contributed by atoms with E-state index in [1.807, 2.05) is 48.5 Å². The van der Waals surface area contributed by atoms with Crippen molar-refractivity contribution in [3.05, 3.63) is 84.1 Å². The molecule has 39 heavy (non-hydrogen) atoms. The Balaban J connectivity index is 0.000000448. The second-order valence-electron chi connectivity index (χ2n) is 9.76. The molecule has 0 unspecified atom stereocenters. The van der Waals surface area contributed by atoms with Crippen molar-refractivity contribution < 1.29 is 32.3 Å². The van der Waals surface area contributed by atoms with Gasteiger partial charge in [0.15, 0.2) is 0 Å². The van der Waals surface area contributed by atoms with Gasteiger partial charge in [0.2, 0.25) is 5.91 Å². The van der Waals surface area contributed by atoms with Gasteiger partial charge in [-0.05, 0) is 43.5 Å². The predicted molar refractivity (Wildman–Crippen MR) is 138 cm³/mol. The summed E-state index contributed by atoms with van der Waals surface area (Å²) in [5.41, 5.74) is 3.83. The van der Waals surface area contributed by atoms with Gasteiger partial charge >= 0.3 is 12.1 Å². The molecule has 2 fully saturated rings. The number of hydrogen-bond acceptors (Lipinski definition) is 6. The van der Waals surface area contributed by atoms with Crippen molar-refractivity contribution in [3.63, 3.8) is 0 Å². The van der Waals surface area contributed by atoms with E-state index in [0.29, 0.717) is 6.54 Å². The topological polar surface area (TPSA) is 90.1 Å². The summed E-state index contributed by atoms with van der Waals surface area (Å²) in [6.45, 7) is 6.97. The van der Waals surface area contributed by atoms with E-state index in [0.717, 1.165) is 56.9 Å². The van der Waals surface area contributed by atoms with Crippen molar-refractivity contribution in [2.24, 2.45) is 0 Å². The highest BCUT2D eigenvalue weighted by molar-refractivity contribution is 6.01. The molecule has 2 aromatic heterocycles. The lowest BCUT2D eigenvalue weighted by Gasteiger charge is -2.53. The number of alkyl halides is 3. The van der Waals surface area contributed by atoms with Crippen LogP contribution in [-0.2, 0) is 22.7 Å². The number of likely N-dealkylation sites (tertiary alicyclic amines) is 1. The number of halogens is 3. The summed E-state index contributed by atoms with van der Waals surface area (Å²) in [5, 5.41) is 7.12. The van der Waals surface area contributed by atoms with E-state index in [1.165, 1.54) is 11.1 Å². The van der Waals surface area contributed by atoms with Gasteiger partial charge in [-0.15, -0.1) is 0 Å². The smallest absolute Gasteiger partial charge is 0.475 e. The Bertz CT molecular complexity index is 1230. The van der Waals surface area contributed by atoms with Crippen molar-refractivity contribution >= 4 is 17.6 Å². The highest BCUT2D eigenvalue weighted by Crippen LogP contribution is 2.37. The number of pyridine rings is 1. The Kier molecular flexibility index (Phi) is 8.71. The standard InChI is InChI=1S/C26H30N4O2.C2HF3O2/c1-21-7-8-24(17-27-21)30-15-14-29(19-22-5-3-2-4-6-22)26(25(30)31)10-12-28(13-11-26)18-23-9-16-32-20-23;3-2(4,5)1(6)7/h2-9,16-17,20H,10-15,18-19H2,1H3;(H,6,7). The molecular weight excluding hydrogens is 513 g/mol. The SMILES string of the molecule is Cc1ccc(N2CCN(Cc3ccccc3)C3(CCN(Cc4ccoc4)CC3)C2=O)cn1.O=C(O)C(F)(F)F. The summed E-state index contributed by atoms with van der Waals surface area (Å²) >= 11 is 0. The van der Waals surface area contributed by atoms with Crippen LogP contribution in [0.2, 0.25) is 0 Å². The molecule has 4 heterocycles. The molecule has 0 radical (unpaired) electrons. The van der Waals surface area contributed by atoms with E-state index in [9.17, 15) is 18.0 Å². The summed E-state index contributed by atoms with van der Waals surface area (Å²) in [5.74, 6) is -2.54. The van der Waals surface area contributed by atoms with Gasteiger partial charge in [0.05, 0.1) is 24.4 Å². The van der Waals surface area contributed by atoms with Gasteiger partial charge < -0.3 is 14.4 Å². The zero-order valence-electron chi connectivity index (χ0n) is 21.6. The van der Waals surface area contributed by atoms with E-state index >= 15 is 0 Å². The number of aliphatic carboxylic acids is 1. The fourth-order valence-electron chi connectivity index (χ4n) is 5.07. The lowest BCUT2D eigenvalue weighted by molar-refractivity contribution is -0.192. The highest BCUT2D eigenvalue weighted by atomic mass is 19.4. The maximum absolute atomic E-state index is 14.0. The van der Waals surface area contributed by atoms with Crippen LogP contribution >= 0.6 is 0 Å². The first-order chi connectivity index (χ1) is 18.6. The number of amides is 1. The summed E-state index contributed by atoms with van der Waals surface area (Å²) < 4.78 is 37.0. The Hall–Kier alpha value is -3.70. The number of furan rings is 1. The second-order valence-corrected chi connectivity index (χ2v) is 9.76. The van der Waals surface area contributed by atoms with Gasteiger partial charge in [0.1, 0.15) is 5.54 Å². The maximum atomic E-state index is 14.0. The minimum atomic E-state index is -5.08. The first kappa shape index (κ1) is 28.3. The average molecular weight is 545 g/mol. The number of rotatable bonds is 5. The number of aromatic nitrogens is 1. The van der Waals surface area contributed by atoms with Gasteiger partial charge in [0.25, 0.3) is 0 Å². The van der Waals surface area contributed by atoms with E-state index < -0.39 is 17.7 Å². The fourth-order valence-corrected chi connectivity index (χ4v) is 5.07. The van der Waals surface area contributed by atoms with Gasteiger partial charge in [0, 0.05) is 50.5 Å². The van der Waals surface area contributed by atoms with Crippen LogP contribution in [0.3, 0.4) is 0 Å². The minimum Gasteiger partial charge on any atom is -0.475 e.